The van der Waals surface area contributed by atoms with E-state index in [2.05, 4.69) is 52.5 Å². The summed E-state index contributed by atoms with van der Waals surface area (Å²) in [5.74, 6) is -0.509. The van der Waals surface area contributed by atoms with E-state index >= 15 is 0 Å². The fourth-order valence-electron chi connectivity index (χ4n) is 3.54. The zero-order chi connectivity index (χ0) is 24.2. The summed E-state index contributed by atoms with van der Waals surface area (Å²) in [6.45, 7) is 1.47. The molecule has 2 aromatic carbocycles. The minimum absolute atomic E-state index is 0.00460. The highest BCUT2D eigenvalue weighted by molar-refractivity contribution is 9.10. The number of nitrogens with one attached hydrogen (secondary N) is 3. The number of aromatic amines is 1. The average molecular weight is 543 g/mol. The van der Waals surface area contributed by atoms with Gasteiger partial charge >= 0.3 is 0 Å². The molecule has 4 aromatic rings. The van der Waals surface area contributed by atoms with E-state index < -0.39 is 5.82 Å². The summed E-state index contributed by atoms with van der Waals surface area (Å²) >= 11 is 9.54. The Bertz CT molecular complexity index is 1380. The van der Waals surface area contributed by atoms with E-state index in [1.54, 1.807) is 12.4 Å². The monoisotopic (exact) mass is 541 g/mol. The molecule has 0 spiro atoms. The van der Waals surface area contributed by atoms with Crippen LogP contribution in [-0.2, 0) is 13.0 Å². The first-order chi connectivity index (χ1) is 16.4. The molecule has 34 heavy (non-hydrogen) atoms. The van der Waals surface area contributed by atoms with Gasteiger partial charge in [0.05, 0.1) is 46.1 Å². The fourth-order valence-corrected chi connectivity index (χ4v) is 4.28. The second kappa shape index (κ2) is 10.4. The van der Waals surface area contributed by atoms with Crippen LogP contribution in [0, 0.1) is 17.1 Å². The Labute approximate surface area is 210 Å². The van der Waals surface area contributed by atoms with Gasteiger partial charge in [-0.2, -0.15) is 5.26 Å². The third-order valence-corrected chi connectivity index (χ3v) is 6.20. The number of nitrogens with zero attached hydrogens (tertiary/aromatic N) is 4. The number of pyridine rings is 1. The van der Waals surface area contributed by atoms with Crippen LogP contribution in [0.2, 0.25) is 5.02 Å². The van der Waals surface area contributed by atoms with Gasteiger partial charge in [-0.3, -0.25) is 4.98 Å². The number of fused-ring (bicyclic) bond motifs is 1. The highest BCUT2D eigenvalue weighted by Crippen LogP contribution is 2.35. The number of benzene rings is 2. The van der Waals surface area contributed by atoms with Crippen LogP contribution in [0.15, 0.2) is 47.3 Å². The van der Waals surface area contributed by atoms with Crippen molar-refractivity contribution < 1.29 is 4.39 Å². The number of hydrogen-bond donors (Lipinski definition) is 3. The van der Waals surface area contributed by atoms with Gasteiger partial charge in [0.2, 0.25) is 0 Å². The summed E-state index contributed by atoms with van der Waals surface area (Å²) in [5.41, 5.74) is 5.04. The molecule has 0 saturated carbocycles. The van der Waals surface area contributed by atoms with Crippen LogP contribution in [0.25, 0.3) is 10.9 Å². The van der Waals surface area contributed by atoms with Crippen LogP contribution >= 0.6 is 27.5 Å². The van der Waals surface area contributed by atoms with Crippen molar-refractivity contribution in [1.82, 2.24) is 19.9 Å². The Morgan fingerprint density at radius 2 is 2.03 bits per heavy atom. The number of nitriles is 1. The van der Waals surface area contributed by atoms with E-state index in [1.807, 2.05) is 26.2 Å². The largest absolute Gasteiger partial charge is 0.379 e. The van der Waals surface area contributed by atoms with Gasteiger partial charge in [0.25, 0.3) is 0 Å². The van der Waals surface area contributed by atoms with Crippen molar-refractivity contribution in [2.75, 3.05) is 31.3 Å². The SMILES string of the molecule is CN(C)CCc1nc[nH]c1CNc1cc(Br)c2ncc(C#N)c(Nc3ccc(F)c(Cl)c3)c2c1. The Hall–Kier alpha value is -3.19. The first-order valence-electron chi connectivity index (χ1n) is 10.5. The summed E-state index contributed by atoms with van der Waals surface area (Å²) in [5, 5.41) is 17.1. The molecule has 3 N–H and O–H groups in total. The van der Waals surface area contributed by atoms with Gasteiger partial charge in [0.15, 0.2) is 0 Å². The van der Waals surface area contributed by atoms with Crippen molar-refractivity contribution >= 4 is 55.5 Å². The lowest BCUT2D eigenvalue weighted by Crippen LogP contribution is -2.16. The van der Waals surface area contributed by atoms with E-state index in [1.165, 1.54) is 18.3 Å². The van der Waals surface area contributed by atoms with Gasteiger partial charge in [0, 0.05) is 40.4 Å². The van der Waals surface area contributed by atoms with Gasteiger partial charge in [-0.05, 0) is 60.4 Å². The molecule has 4 rings (SSSR count). The second-order valence-corrected chi connectivity index (χ2v) is 9.26. The number of halogens is 3. The molecule has 0 fully saturated rings. The molecule has 0 radical (unpaired) electrons. The van der Waals surface area contributed by atoms with Crippen LogP contribution in [0.3, 0.4) is 0 Å². The number of hydrogen-bond acceptors (Lipinski definition) is 6. The van der Waals surface area contributed by atoms with E-state index in [4.69, 9.17) is 11.6 Å². The molecule has 0 bridgehead atoms. The third-order valence-electron chi connectivity index (χ3n) is 5.31. The predicted octanol–water partition coefficient (Wildman–Crippen LogP) is 5.84. The van der Waals surface area contributed by atoms with Crippen molar-refractivity contribution in [2.45, 2.75) is 13.0 Å². The summed E-state index contributed by atoms with van der Waals surface area (Å²) < 4.78 is 14.4. The smallest absolute Gasteiger partial charge is 0.141 e. The number of H-pyrrole nitrogens is 1. The van der Waals surface area contributed by atoms with Crippen LogP contribution in [0.4, 0.5) is 21.5 Å². The molecule has 0 amide bonds. The molecule has 7 nitrogen and oxygen atoms in total. The Morgan fingerprint density at radius 3 is 2.76 bits per heavy atom. The first-order valence-corrected chi connectivity index (χ1v) is 11.7. The Kier molecular flexibility index (Phi) is 7.32. The number of rotatable bonds is 8. The van der Waals surface area contributed by atoms with Crippen molar-refractivity contribution in [1.29, 1.82) is 5.26 Å². The van der Waals surface area contributed by atoms with E-state index in [-0.39, 0.29) is 5.02 Å². The summed E-state index contributed by atoms with van der Waals surface area (Å²) in [4.78, 5) is 14.2. The first kappa shape index (κ1) is 24.0. The molecule has 0 saturated heterocycles. The van der Waals surface area contributed by atoms with Crippen LogP contribution in [0.1, 0.15) is 17.0 Å². The molecule has 0 unspecified atom stereocenters. The van der Waals surface area contributed by atoms with Crippen LogP contribution in [-0.4, -0.2) is 40.5 Å². The van der Waals surface area contributed by atoms with Gasteiger partial charge in [-0.1, -0.05) is 11.6 Å². The van der Waals surface area contributed by atoms with Crippen LogP contribution in [0.5, 0.6) is 0 Å². The van der Waals surface area contributed by atoms with Gasteiger partial charge in [-0.25, -0.2) is 9.37 Å². The molecule has 2 aromatic heterocycles. The lowest BCUT2D eigenvalue weighted by atomic mass is 10.1. The quantitative estimate of drug-likeness (QED) is 0.259. The maximum Gasteiger partial charge on any atom is 0.141 e. The zero-order valence-corrected chi connectivity index (χ0v) is 20.9. The second-order valence-electron chi connectivity index (χ2n) is 8.00. The fraction of sp³-hybridized carbons (Fsp3) is 0.208. The molecule has 0 aliphatic heterocycles. The predicted molar refractivity (Wildman–Crippen MR) is 137 cm³/mol. The number of likely N-dealkylation sites (N-methyl/N-ethyl adjacent to an activating group) is 1. The zero-order valence-electron chi connectivity index (χ0n) is 18.6. The number of imidazole rings is 1. The van der Waals surface area contributed by atoms with E-state index in [0.29, 0.717) is 29.0 Å². The normalized spacial score (nSPS) is 11.1. The maximum atomic E-state index is 13.6. The topological polar surface area (TPSA) is 92.7 Å². The highest BCUT2D eigenvalue weighted by Gasteiger charge is 2.14. The molecule has 0 aliphatic carbocycles. The van der Waals surface area contributed by atoms with Crippen molar-refractivity contribution in [3.63, 3.8) is 0 Å². The Balaban J connectivity index is 1.66. The Morgan fingerprint density at radius 1 is 1.21 bits per heavy atom. The van der Waals surface area contributed by atoms with Gasteiger partial charge in [0.1, 0.15) is 11.9 Å². The number of anilines is 3. The lowest BCUT2D eigenvalue weighted by Gasteiger charge is -2.15. The minimum atomic E-state index is -0.509. The minimum Gasteiger partial charge on any atom is -0.379 e. The summed E-state index contributed by atoms with van der Waals surface area (Å²) in [6, 6.07) is 10.4. The molecule has 0 atom stereocenters. The van der Waals surface area contributed by atoms with Crippen molar-refractivity contribution in [3.8, 4) is 6.07 Å². The maximum absolute atomic E-state index is 13.6. The van der Waals surface area contributed by atoms with E-state index in [9.17, 15) is 9.65 Å². The molecule has 10 heteroatoms. The van der Waals surface area contributed by atoms with Crippen LogP contribution < -0.4 is 10.6 Å². The van der Waals surface area contributed by atoms with Crippen molar-refractivity contribution in [2.24, 2.45) is 0 Å². The third kappa shape index (κ3) is 5.30. The van der Waals surface area contributed by atoms with Gasteiger partial charge < -0.3 is 20.5 Å². The standard InChI is InChI=1S/C24H22BrClFN7/c1-34(2)6-5-21-22(32-13-31-21)12-29-16-7-17-23(33-15-3-4-20(27)19(26)9-15)14(10-28)11-30-24(17)18(25)8-16/h3-4,7-9,11,13,29H,5-6,12H2,1-2H3,(H,30,33)(H,31,32). The summed E-state index contributed by atoms with van der Waals surface area (Å²) in [6.07, 6.45) is 4.06. The number of aromatic nitrogens is 3. The summed E-state index contributed by atoms with van der Waals surface area (Å²) in [7, 11) is 4.07. The molecule has 174 valence electrons. The molecular formula is C24H22BrClFN7. The lowest BCUT2D eigenvalue weighted by molar-refractivity contribution is 0.411. The van der Waals surface area contributed by atoms with E-state index in [0.717, 1.165) is 39.9 Å². The van der Waals surface area contributed by atoms with Gasteiger partial charge in [-0.15, -0.1) is 0 Å². The average Bonchev–Trinajstić information content (AvgIpc) is 3.26. The molecular weight excluding hydrogens is 521 g/mol. The highest BCUT2D eigenvalue weighted by atomic mass is 79.9. The molecule has 0 aliphatic rings. The molecule has 2 heterocycles. The van der Waals surface area contributed by atoms with Crippen molar-refractivity contribution in [3.05, 3.63) is 75.1 Å².